The fraction of sp³-hybridized carbons (Fsp3) is 0.647. The Labute approximate surface area is 135 Å². The lowest BCUT2D eigenvalue weighted by Crippen LogP contribution is -2.26. The van der Waals surface area contributed by atoms with Crippen LogP contribution in [0, 0.1) is 0 Å². The fourth-order valence-electron chi connectivity index (χ4n) is 3.57. The molecule has 4 heterocycles. The maximum Gasteiger partial charge on any atom is 0.160 e. The Bertz CT molecular complexity index is 630. The second kappa shape index (κ2) is 6.59. The first-order valence-electron chi connectivity index (χ1n) is 8.42. The number of pyridine rings is 1. The summed E-state index contributed by atoms with van der Waals surface area (Å²) in [7, 11) is 0. The Morgan fingerprint density at radius 2 is 2.27 bits per heavy atom. The van der Waals surface area contributed by atoms with Crippen LogP contribution in [-0.4, -0.2) is 38.8 Å². The molecule has 2 atom stereocenters. The van der Waals surface area contributed by atoms with Gasteiger partial charge in [0.15, 0.2) is 5.65 Å². The predicted molar refractivity (Wildman–Crippen MR) is 90.4 cm³/mol. The zero-order chi connectivity index (χ0) is 14.8. The summed E-state index contributed by atoms with van der Waals surface area (Å²) in [6.07, 6.45) is 8.38. The van der Waals surface area contributed by atoms with Gasteiger partial charge in [-0.1, -0.05) is 0 Å². The molecule has 2 unspecified atom stereocenters. The van der Waals surface area contributed by atoms with Crippen LogP contribution >= 0.6 is 11.8 Å². The Hall–Kier alpha value is -1.07. The molecule has 4 rings (SSSR count). The van der Waals surface area contributed by atoms with Gasteiger partial charge in [-0.2, -0.15) is 11.8 Å². The number of aromatic nitrogens is 3. The van der Waals surface area contributed by atoms with E-state index in [0.29, 0.717) is 12.0 Å². The van der Waals surface area contributed by atoms with Gasteiger partial charge in [0.2, 0.25) is 0 Å². The maximum absolute atomic E-state index is 5.96. The van der Waals surface area contributed by atoms with Crippen molar-refractivity contribution in [3.8, 4) is 0 Å². The molecule has 0 amide bonds. The molecule has 0 N–H and O–H groups in total. The van der Waals surface area contributed by atoms with Gasteiger partial charge in [-0.25, -0.2) is 9.97 Å². The molecular formula is C17H23N3OS. The highest BCUT2D eigenvalue weighted by molar-refractivity contribution is 7.99. The molecule has 0 radical (unpaired) electrons. The number of thioether (sulfide) groups is 1. The van der Waals surface area contributed by atoms with E-state index in [1.54, 1.807) is 0 Å². The number of hydrogen-bond acceptors (Lipinski definition) is 4. The van der Waals surface area contributed by atoms with Crippen molar-refractivity contribution < 1.29 is 4.74 Å². The highest BCUT2D eigenvalue weighted by Gasteiger charge is 2.25. The van der Waals surface area contributed by atoms with Gasteiger partial charge < -0.3 is 9.30 Å². The molecule has 2 saturated heterocycles. The molecule has 0 aromatic carbocycles. The molecule has 2 aromatic rings. The second-order valence-electron chi connectivity index (χ2n) is 6.33. The van der Waals surface area contributed by atoms with Gasteiger partial charge in [0.25, 0.3) is 0 Å². The smallest absolute Gasteiger partial charge is 0.160 e. The number of rotatable bonds is 3. The summed E-state index contributed by atoms with van der Waals surface area (Å²) >= 11 is 2.06. The highest BCUT2D eigenvalue weighted by atomic mass is 32.2. The van der Waals surface area contributed by atoms with Crippen LogP contribution in [0.4, 0.5) is 0 Å². The summed E-state index contributed by atoms with van der Waals surface area (Å²) in [5.74, 6) is 4.28. The minimum atomic E-state index is 0.322. The van der Waals surface area contributed by atoms with Crippen molar-refractivity contribution in [3.63, 3.8) is 0 Å². The predicted octanol–water partition coefficient (Wildman–Crippen LogP) is 3.61. The van der Waals surface area contributed by atoms with Crippen molar-refractivity contribution >= 4 is 22.9 Å². The molecule has 4 nitrogen and oxygen atoms in total. The molecule has 5 heteroatoms. The van der Waals surface area contributed by atoms with Crippen molar-refractivity contribution in [2.75, 3.05) is 18.1 Å². The van der Waals surface area contributed by atoms with E-state index in [1.807, 2.05) is 12.3 Å². The molecule has 0 bridgehead atoms. The zero-order valence-corrected chi connectivity index (χ0v) is 13.7. The van der Waals surface area contributed by atoms with Gasteiger partial charge in [-0.05, 0) is 50.0 Å². The van der Waals surface area contributed by atoms with E-state index in [1.165, 1.54) is 43.0 Å². The summed E-state index contributed by atoms with van der Waals surface area (Å²) < 4.78 is 8.31. The van der Waals surface area contributed by atoms with E-state index >= 15 is 0 Å². The van der Waals surface area contributed by atoms with E-state index in [-0.39, 0.29) is 0 Å². The van der Waals surface area contributed by atoms with E-state index in [9.17, 15) is 0 Å². The van der Waals surface area contributed by atoms with Crippen LogP contribution in [0.3, 0.4) is 0 Å². The first-order chi connectivity index (χ1) is 10.9. The van der Waals surface area contributed by atoms with Gasteiger partial charge in [0.05, 0.1) is 12.6 Å². The van der Waals surface area contributed by atoms with Crippen LogP contribution in [-0.2, 0) is 11.3 Å². The summed E-state index contributed by atoms with van der Waals surface area (Å²) in [6, 6.07) is 4.07. The molecule has 0 spiro atoms. The van der Waals surface area contributed by atoms with Crippen LogP contribution in [0.1, 0.15) is 43.8 Å². The third-order valence-corrected chi connectivity index (χ3v) is 5.93. The average Bonchev–Trinajstić information content (AvgIpc) is 2.95. The zero-order valence-electron chi connectivity index (χ0n) is 12.9. The first-order valence-corrected chi connectivity index (χ1v) is 9.58. The van der Waals surface area contributed by atoms with Crippen LogP contribution in [0.15, 0.2) is 18.3 Å². The highest BCUT2D eigenvalue weighted by Crippen LogP contribution is 2.32. The number of imidazole rings is 1. The molecular weight excluding hydrogens is 294 g/mol. The molecule has 2 aromatic heterocycles. The van der Waals surface area contributed by atoms with Crippen LogP contribution in [0.2, 0.25) is 0 Å². The second-order valence-corrected chi connectivity index (χ2v) is 7.48. The molecule has 2 aliphatic rings. The van der Waals surface area contributed by atoms with Gasteiger partial charge in [-0.15, -0.1) is 0 Å². The average molecular weight is 317 g/mol. The standard InChI is InChI=1S/C17H23N3OS/c1-2-9-21-14(6-1)11-20-16(13-5-4-10-22-12-13)19-15-7-3-8-18-17(15)20/h3,7-8,13-14H,1-2,4-6,9-12H2. The van der Waals surface area contributed by atoms with Crippen molar-refractivity contribution in [1.29, 1.82) is 0 Å². The lowest BCUT2D eigenvalue weighted by atomic mass is 10.0. The maximum atomic E-state index is 5.96. The van der Waals surface area contributed by atoms with Crippen LogP contribution in [0.5, 0.6) is 0 Å². The third-order valence-electron chi connectivity index (χ3n) is 4.72. The molecule has 118 valence electrons. The Morgan fingerprint density at radius 3 is 3.09 bits per heavy atom. The molecule has 0 saturated carbocycles. The number of hydrogen-bond donors (Lipinski definition) is 0. The fourth-order valence-corrected chi connectivity index (χ4v) is 4.70. The van der Waals surface area contributed by atoms with Gasteiger partial charge >= 0.3 is 0 Å². The van der Waals surface area contributed by atoms with Gasteiger partial charge in [-0.3, -0.25) is 0 Å². The Balaban J connectivity index is 1.69. The van der Waals surface area contributed by atoms with Crippen LogP contribution in [0.25, 0.3) is 11.2 Å². The summed E-state index contributed by atoms with van der Waals surface area (Å²) in [5.41, 5.74) is 2.06. The minimum Gasteiger partial charge on any atom is -0.376 e. The van der Waals surface area contributed by atoms with E-state index in [2.05, 4.69) is 27.4 Å². The largest absolute Gasteiger partial charge is 0.376 e. The summed E-state index contributed by atoms with van der Waals surface area (Å²) in [6.45, 7) is 1.81. The molecule has 2 fully saturated rings. The molecule has 2 aliphatic heterocycles. The number of nitrogens with zero attached hydrogens (tertiary/aromatic N) is 3. The van der Waals surface area contributed by atoms with Crippen molar-refractivity contribution in [2.45, 2.75) is 50.7 Å². The van der Waals surface area contributed by atoms with E-state index in [4.69, 9.17) is 9.72 Å². The monoisotopic (exact) mass is 317 g/mol. The quantitative estimate of drug-likeness (QED) is 0.867. The van der Waals surface area contributed by atoms with E-state index in [0.717, 1.165) is 30.7 Å². The number of ether oxygens (including phenoxy) is 1. The van der Waals surface area contributed by atoms with Gasteiger partial charge in [0, 0.05) is 24.5 Å². The SMILES string of the molecule is c1cnc2c(c1)nc(C1CCCSC1)n2CC1CCCCO1. The van der Waals surface area contributed by atoms with Crippen LogP contribution < -0.4 is 0 Å². The molecule has 22 heavy (non-hydrogen) atoms. The first kappa shape index (κ1) is 14.5. The topological polar surface area (TPSA) is 39.9 Å². The Kier molecular flexibility index (Phi) is 4.35. The minimum absolute atomic E-state index is 0.322. The van der Waals surface area contributed by atoms with Gasteiger partial charge in [0.1, 0.15) is 11.3 Å². The van der Waals surface area contributed by atoms with Crippen molar-refractivity contribution in [2.24, 2.45) is 0 Å². The van der Waals surface area contributed by atoms with Crippen molar-refractivity contribution in [3.05, 3.63) is 24.2 Å². The molecule has 0 aliphatic carbocycles. The van der Waals surface area contributed by atoms with Crippen molar-refractivity contribution in [1.82, 2.24) is 14.5 Å². The number of fused-ring (bicyclic) bond motifs is 1. The lowest BCUT2D eigenvalue weighted by Gasteiger charge is -2.26. The van der Waals surface area contributed by atoms with E-state index < -0.39 is 0 Å². The third kappa shape index (κ3) is 2.88. The lowest BCUT2D eigenvalue weighted by molar-refractivity contribution is 0.00597. The Morgan fingerprint density at radius 1 is 1.27 bits per heavy atom. The summed E-state index contributed by atoms with van der Waals surface area (Å²) in [5, 5.41) is 0. The summed E-state index contributed by atoms with van der Waals surface area (Å²) in [4.78, 5) is 9.53. The normalized spacial score (nSPS) is 26.4.